The van der Waals surface area contributed by atoms with Gasteiger partial charge in [-0.25, -0.2) is 0 Å². The molecule has 16 heavy (non-hydrogen) atoms. The zero-order valence-electron chi connectivity index (χ0n) is 9.27. The molecule has 1 amide bonds. The van der Waals surface area contributed by atoms with E-state index in [-0.39, 0.29) is 5.82 Å². The molecule has 1 aliphatic rings. The number of carbonyl (C=O) groups excluding carboxylic acids is 1. The number of hydrogen-bond acceptors (Lipinski definition) is 5. The van der Waals surface area contributed by atoms with Crippen LogP contribution in [0.4, 0.5) is 0 Å². The lowest BCUT2D eigenvalue weighted by atomic mass is 9.77. The van der Waals surface area contributed by atoms with Gasteiger partial charge in [0.1, 0.15) is 0 Å². The molecule has 1 saturated carbocycles. The summed E-state index contributed by atoms with van der Waals surface area (Å²) < 4.78 is 5.03. The minimum Gasteiger partial charge on any atom is -0.363 e. The van der Waals surface area contributed by atoms with Crippen molar-refractivity contribution in [3.05, 3.63) is 11.7 Å². The van der Waals surface area contributed by atoms with Crippen LogP contribution < -0.4 is 11.5 Å². The van der Waals surface area contributed by atoms with E-state index in [1.54, 1.807) is 0 Å². The summed E-state index contributed by atoms with van der Waals surface area (Å²) in [6.45, 7) is 2.14. The SMILES string of the molecule is CC1CCCC(N)(c2nc(C(N)=O)no2)C1. The molecule has 0 saturated heterocycles. The molecule has 0 aliphatic heterocycles. The third-order valence-electron chi connectivity index (χ3n) is 3.10. The minimum atomic E-state index is -0.692. The fourth-order valence-electron chi connectivity index (χ4n) is 2.31. The van der Waals surface area contributed by atoms with Crippen LogP contribution in [0.1, 0.15) is 49.1 Å². The number of nitrogens with two attached hydrogens (primary N) is 2. The van der Waals surface area contributed by atoms with Crippen molar-refractivity contribution in [2.75, 3.05) is 0 Å². The maximum atomic E-state index is 10.9. The first kappa shape index (κ1) is 11.1. The third kappa shape index (κ3) is 1.92. The molecule has 2 unspecified atom stereocenters. The Labute approximate surface area is 93.4 Å². The lowest BCUT2D eigenvalue weighted by Crippen LogP contribution is -2.41. The first-order valence-corrected chi connectivity index (χ1v) is 5.44. The Bertz CT molecular complexity index is 403. The molecule has 6 heteroatoms. The van der Waals surface area contributed by atoms with Crippen molar-refractivity contribution < 1.29 is 9.32 Å². The summed E-state index contributed by atoms with van der Waals surface area (Å²) >= 11 is 0. The van der Waals surface area contributed by atoms with Gasteiger partial charge in [-0.2, -0.15) is 4.98 Å². The molecule has 0 spiro atoms. The average molecular weight is 224 g/mol. The molecule has 1 aromatic heterocycles. The minimum absolute atomic E-state index is 0.0990. The summed E-state index contributed by atoms with van der Waals surface area (Å²) in [6, 6.07) is 0. The van der Waals surface area contributed by atoms with Crippen LogP contribution in [-0.4, -0.2) is 16.0 Å². The van der Waals surface area contributed by atoms with Crippen LogP contribution in [0.15, 0.2) is 4.52 Å². The van der Waals surface area contributed by atoms with E-state index in [2.05, 4.69) is 17.1 Å². The van der Waals surface area contributed by atoms with Gasteiger partial charge in [-0.3, -0.25) is 4.79 Å². The first-order valence-electron chi connectivity index (χ1n) is 5.44. The van der Waals surface area contributed by atoms with E-state index in [1.165, 1.54) is 0 Å². The van der Waals surface area contributed by atoms with Crippen molar-refractivity contribution in [1.82, 2.24) is 10.1 Å². The quantitative estimate of drug-likeness (QED) is 0.761. The topological polar surface area (TPSA) is 108 Å². The van der Waals surface area contributed by atoms with Gasteiger partial charge in [-0.1, -0.05) is 24.9 Å². The fraction of sp³-hybridized carbons (Fsp3) is 0.700. The molecule has 2 rings (SSSR count). The molecular formula is C10H16N4O2. The molecule has 6 nitrogen and oxygen atoms in total. The van der Waals surface area contributed by atoms with Gasteiger partial charge in [-0.05, 0) is 18.8 Å². The van der Waals surface area contributed by atoms with Crippen LogP contribution >= 0.6 is 0 Å². The van der Waals surface area contributed by atoms with E-state index in [4.69, 9.17) is 16.0 Å². The van der Waals surface area contributed by atoms with Gasteiger partial charge >= 0.3 is 0 Å². The molecule has 0 bridgehead atoms. The summed E-state index contributed by atoms with van der Waals surface area (Å²) in [6.07, 6.45) is 3.80. The molecule has 1 fully saturated rings. The Morgan fingerprint density at radius 2 is 2.38 bits per heavy atom. The second-order valence-electron chi connectivity index (χ2n) is 4.65. The highest BCUT2D eigenvalue weighted by Gasteiger charge is 2.38. The Balaban J connectivity index is 2.24. The number of amides is 1. The maximum Gasteiger partial charge on any atom is 0.290 e. The van der Waals surface area contributed by atoms with E-state index >= 15 is 0 Å². The van der Waals surface area contributed by atoms with E-state index in [0.717, 1.165) is 25.7 Å². The second kappa shape index (κ2) is 3.86. The average Bonchev–Trinajstić information content (AvgIpc) is 2.66. The van der Waals surface area contributed by atoms with E-state index in [1.807, 2.05) is 0 Å². The van der Waals surface area contributed by atoms with Crippen LogP contribution in [0, 0.1) is 5.92 Å². The van der Waals surface area contributed by atoms with E-state index < -0.39 is 11.4 Å². The molecule has 88 valence electrons. The molecule has 1 aromatic rings. The van der Waals surface area contributed by atoms with Gasteiger partial charge in [0.2, 0.25) is 5.89 Å². The number of carbonyl (C=O) groups is 1. The normalized spacial score (nSPS) is 30.2. The van der Waals surface area contributed by atoms with Crippen molar-refractivity contribution in [2.45, 2.75) is 38.1 Å². The highest BCUT2D eigenvalue weighted by Crippen LogP contribution is 2.36. The Morgan fingerprint density at radius 1 is 1.62 bits per heavy atom. The molecule has 1 heterocycles. The summed E-state index contributed by atoms with van der Waals surface area (Å²) in [5, 5.41) is 3.52. The molecular weight excluding hydrogens is 208 g/mol. The summed E-state index contributed by atoms with van der Waals surface area (Å²) in [5.74, 6) is 0.0658. The van der Waals surface area contributed by atoms with Crippen molar-refractivity contribution in [3.63, 3.8) is 0 Å². The largest absolute Gasteiger partial charge is 0.363 e. The zero-order chi connectivity index (χ0) is 11.8. The van der Waals surface area contributed by atoms with Crippen LogP contribution in [0.3, 0.4) is 0 Å². The maximum absolute atomic E-state index is 10.9. The number of primary amides is 1. The van der Waals surface area contributed by atoms with Crippen molar-refractivity contribution >= 4 is 5.91 Å². The van der Waals surface area contributed by atoms with E-state index in [0.29, 0.717) is 11.8 Å². The van der Waals surface area contributed by atoms with Crippen molar-refractivity contribution in [1.29, 1.82) is 0 Å². The summed E-state index contributed by atoms with van der Waals surface area (Å²) in [7, 11) is 0. The molecule has 4 N–H and O–H groups in total. The Morgan fingerprint density at radius 3 is 2.94 bits per heavy atom. The van der Waals surface area contributed by atoms with Crippen LogP contribution in [-0.2, 0) is 5.54 Å². The fourth-order valence-corrected chi connectivity index (χ4v) is 2.31. The van der Waals surface area contributed by atoms with E-state index in [9.17, 15) is 4.79 Å². The van der Waals surface area contributed by atoms with Gasteiger partial charge in [0.15, 0.2) is 0 Å². The lowest BCUT2D eigenvalue weighted by molar-refractivity contribution is 0.0987. The highest BCUT2D eigenvalue weighted by molar-refractivity contribution is 5.88. The number of aromatic nitrogens is 2. The van der Waals surface area contributed by atoms with Crippen LogP contribution in [0.5, 0.6) is 0 Å². The van der Waals surface area contributed by atoms with Gasteiger partial charge in [0.05, 0.1) is 5.54 Å². The predicted octanol–water partition coefficient (Wildman–Crippen LogP) is 0.533. The predicted molar refractivity (Wildman–Crippen MR) is 56.3 cm³/mol. The standard InChI is InChI=1S/C10H16N4O2/c1-6-3-2-4-10(12,5-6)9-13-8(7(11)15)14-16-9/h6H,2-5,12H2,1H3,(H2,11,15). The summed E-state index contributed by atoms with van der Waals surface area (Å²) in [5.41, 5.74) is 10.7. The van der Waals surface area contributed by atoms with Gasteiger partial charge in [0.25, 0.3) is 11.7 Å². The molecule has 1 aliphatic carbocycles. The monoisotopic (exact) mass is 224 g/mol. The number of nitrogens with zero attached hydrogens (tertiary/aromatic N) is 2. The third-order valence-corrected chi connectivity index (χ3v) is 3.10. The lowest BCUT2D eigenvalue weighted by Gasteiger charge is -2.33. The Hall–Kier alpha value is -1.43. The van der Waals surface area contributed by atoms with Crippen LogP contribution in [0.25, 0.3) is 0 Å². The second-order valence-corrected chi connectivity index (χ2v) is 4.65. The van der Waals surface area contributed by atoms with Crippen molar-refractivity contribution in [3.8, 4) is 0 Å². The molecule has 0 aromatic carbocycles. The van der Waals surface area contributed by atoms with Crippen molar-refractivity contribution in [2.24, 2.45) is 17.4 Å². The zero-order valence-corrected chi connectivity index (χ0v) is 9.27. The molecule has 2 atom stereocenters. The first-order chi connectivity index (χ1) is 7.51. The number of hydrogen-bond donors (Lipinski definition) is 2. The van der Waals surface area contributed by atoms with Gasteiger partial charge < -0.3 is 16.0 Å². The summed E-state index contributed by atoms with van der Waals surface area (Å²) in [4.78, 5) is 14.8. The molecule has 0 radical (unpaired) electrons. The smallest absolute Gasteiger partial charge is 0.290 e. The van der Waals surface area contributed by atoms with Crippen LogP contribution in [0.2, 0.25) is 0 Å². The van der Waals surface area contributed by atoms with Gasteiger partial charge in [-0.15, -0.1) is 0 Å². The Kier molecular flexibility index (Phi) is 2.67. The highest BCUT2D eigenvalue weighted by atomic mass is 16.5. The van der Waals surface area contributed by atoms with Gasteiger partial charge in [0, 0.05) is 0 Å². The number of rotatable bonds is 2.